The van der Waals surface area contributed by atoms with Gasteiger partial charge in [-0.25, -0.2) is 4.98 Å². The number of nitrogens with zero attached hydrogens (tertiary/aromatic N) is 2. The van der Waals surface area contributed by atoms with Gasteiger partial charge in [0.05, 0.1) is 11.6 Å². The lowest BCUT2D eigenvalue weighted by Crippen LogP contribution is -2.12. The van der Waals surface area contributed by atoms with Gasteiger partial charge in [-0.15, -0.1) is 11.8 Å². The third-order valence-electron chi connectivity index (χ3n) is 2.56. The van der Waals surface area contributed by atoms with Crippen molar-refractivity contribution in [2.45, 2.75) is 5.03 Å². The number of ether oxygens (including phenoxy) is 1. The van der Waals surface area contributed by atoms with E-state index in [4.69, 9.17) is 15.7 Å². The van der Waals surface area contributed by atoms with E-state index in [9.17, 15) is 0 Å². The molecule has 2 aromatic rings. The number of hydrogen-bond acceptors (Lipinski definition) is 5. The van der Waals surface area contributed by atoms with E-state index in [0.29, 0.717) is 12.2 Å². The van der Waals surface area contributed by atoms with Crippen LogP contribution < -0.4 is 10.5 Å². The van der Waals surface area contributed by atoms with Crippen molar-refractivity contribution in [1.29, 1.82) is 0 Å². The summed E-state index contributed by atoms with van der Waals surface area (Å²) in [6.07, 6.45) is 1.77. The molecule has 1 aromatic carbocycles. The van der Waals surface area contributed by atoms with Gasteiger partial charge in [-0.2, -0.15) is 0 Å². The van der Waals surface area contributed by atoms with Crippen LogP contribution in [0.5, 0.6) is 5.75 Å². The molecule has 21 heavy (non-hydrogen) atoms. The first-order chi connectivity index (χ1) is 10.2. The van der Waals surface area contributed by atoms with Crippen molar-refractivity contribution in [2.75, 3.05) is 12.4 Å². The van der Waals surface area contributed by atoms with Crippen LogP contribution in [0.3, 0.4) is 0 Å². The number of amidine groups is 1. The van der Waals surface area contributed by atoms with Crippen LogP contribution in [0.4, 0.5) is 0 Å². The van der Waals surface area contributed by atoms with E-state index in [-0.39, 0.29) is 5.84 Å². The van der Waals surface area contributed by atoms with Crippen molar-refractivity contribution in [2.24, 2.45) is 10.9 Å². The Bertz CT molecular complexity index is 603. The summed E-state index contributed by atoms with van der Waals surface area (Å²) in [6, 6.07) is 11.0. The highest BCUT2D eigenvalue weighted by Gasteiger charge is 2.00. The Morgan fingerprint density at radius 2 is 2.05 bits per heavy atom. The van der Waals surface area contributed by atoms with Gasteiger partial charge in [-0.1, -0.05) is 5.16 Å². The Balaban J connectivity index is 1.77. The molecule has 0 saturated carbocycles. The van der Waals surface area contributed by atoms with Crippen LogP contribution >= 0.6 is 27.7 Å². The second-order valence-electron chi connectivity index (χ2n) is 4.02. The van der Waals surface area contributed by atoms with Gasteiger partial charge in [0.25, 0.3) is 0 Å². The molecule has 1 heterocycles. The first kappa shape index (κ1) is 15.7. The Labute approximate surface area is 135 Å². The Kier molecular flexibility index (Phi) is 5.89. The number of benzene rings is 1. The lowest BCUT2D eigenvalue weighted by molar-refractivity contribution is 0.318. The number of hydrogen-bond donors (Lipinski definition) is 2. The summed E-state index contributed by atoms with van der Waals surface area (Å²) < 4.78 is 6.59. The number of nitrogens with two attached hydrogens (primary N) is 1. The molecule has 110 valence electrons. The highest BCUT2D eigenvalue weighted by atomic mass is 79.9. The highest BCUT2D eigenvalue weighted by molar-refractivity contribution is 9.10. The summed E-state index contributed by atoms with van der Waals surface area (Å²) in [5, 5.41) is 12.5. The molecule has 0 aliphatic rings. The van der Waals surface area contributed by atoms with E-state index in [0.717, 1.165) is 21.0 Å². The molecule has 0 bridgehead atoms. The summed E-state index contributed by atoms with van der Waals surface area (Å²) in [7, 11) is 0. The van der Waals surface area contributed by atoms with Crippen LogP contribution in [0.1, 0.15) is 5.56 Å². The average molecular weight is 368 g/mol. The van der Waals surface area contributed by atoms with Crippen molar-refractivity contribution in [1.82, 2.24) is 4.98 Å². The van der Waals surface area contributed by atoms with Gasteiger partial charge in [0.15, 0.2) is 5.84 Å². The second-order valence-corrected chi connectivity index (χ2v) is 6.05. The first-order valence-electron chi connectivity index (χ1n) is 6.14. The molecular weight excluding hydrogens is 354 g/mol. The van der Waals surface area contributed by atoms with E-state index in [2.05, 4.69) is 26.1 Å². The van der Waals surface area contributed by atoms with Gasteiger partial charge in [-0.3, -0.25) is 0 Å². The van der Waals surface area contributed by atoms with E-state index in [1.54, 1.807) is 42.2 Å². The number of thioether (sulfide) groups is 1. The lowest BCUT2D eigenvalue weighted by atomic mass is 10.2. The SMILES string of the molecule is NC(=NO)c1ccc(OCCSc2ccc(Br)cn2)cc1. The molecule has 0 saturated heterocycles. The van der Waals surface area contributed by atoms with Crippen molar-refractivity contribution in [3.63, 3.8) is 0 Å². The topological polar surface area (TPSA) is 80.7 Å². The van der Waals surface area contributed by atoms with E-state index >= 15 is 0 Å². The molecular formula is C14H14BrN3O2S. The molecule has 0 radical (unpaired) electrons. The summed E-state index contributed by atoms with van der Waals surface area (Å²) in [5.41, 5.74) is 6.14. The predicted molar refractivity (Wildman–Crippen MR) is 87.1 cm³/mol. The molecule has 3 N–H and O–H groups in total. The van der Waals surface area contributed by atoms with Crippen molar-refractivity contribution in [3.8, 4) is 5.75 Å². The highest BCUT2D eigenvalue weighted by Crippen LogP contribution is 2.18. The molecule has 0 amide bonds. The van der Waals surface area contributed by atoms with Crippen LogP contribution in [0.2, 0.25) is 0 Å². The van der Waals surface area contributed by atoms with Gasteiger partial charge in [0.1, 0.15) is 5.75 Å². The number of aromatic nitrogens is 1. The number of rotatable bonds is 6. The van der Waals surface area contributed by atoms with Crippen molar-refractivity contribution < 1.29 is 9.94 Å². The summed E-state index contributed by atoms with van der Waals surface area (Å²) in [5.74, 6) is 1.63. The minimum absolute atomic E-state index is 0.0819. The Morgan fingerprint density at radius 3 is 2.67 bits per heavy atom. The molecule has 0 spiro atoms. The molecule has 0 unspecified atom stereocenters. The van der Waals surface area contributed by atoms with Gasteiger partial charge in [0, 0.05) is 22.0 Å². The fourth-order valence-corrected chi connectivity index (χ4v) is 2.43. The maximum Gasteiger partial charge on any atom is 0.170 e. The van der Waals surface area contributed by atoms with E-state index in [1.165, 1.54) is 0 Å². The van der Waals surface area contributed by atoms with Crippen LogP contribution in [0.25, 0.3) is 0 Å². The lowest BCUT2D eigenvalue weighted by Gasteiger charge is -2.06. The van der Waals surface area contributed by atoms with Crippen molar-refractivity contribution in [3.05, 3.63) is 52.6 Å². The molecule has 2 rings (SSSR count). The maximum absolute atomic E-state index is 8.58. The molecule has 0 atom stereocenters. The largest absolute Gasteiger partial charge is 0.493 e. The third-order valence-corrected chi connectivity index (χ3v) is 3.94. The number of oxime groups is 1. The van der Waals surface area contributed by atoms with E-state index in [1.807, 2.05) is 12.1 Å². The van der Waals surface area contributed by atoms with Gasteiger partial charge in [0.2, 0.25) is 0 Å². The minimum Gasteiger partial charge on any atom is -0.493 e. The summed E-state index contributed by atoms with van der Waals surface area (Å²) >= 11 is 4.98. The number of pyridine rings is 1. The quantitative estimate of drug-likeness (QED) is 0.205. The average Bonchev–Trinajstić information content (AvgIpc) is 2.53. The van der Waals surface area contributed by atoms with E-state index < -0.39 is 0 Å². The van der Waals surface area contributed by atoms with Crippen LogP contribution in [0, 0.1) is 0 Å². The van der Waals surface area contributed by atoms with Gasteiger partial charge < -0.3 is 15.7 Å². The van der Waals surface area contributed by atoms with Crippen LogP contribution in [0.15, 0.2) is 57.2 Å². The second kappa shape index (κ2) is 7.90. The maximum atomic E-state index is 8.58. The standard InChI is InChI=1S/C14H14BrN3O2S/c15-11-3-6-13(17-9-11)21-8-7-20-12-4-1-10(2-5-12)14(16)18-19/h1-6,9,19H,7-8H2,(H2,16,18). The molecule has 0 aliphatic heterocycles. The van der Waals surface area contributed by atoms with Gasteiger partial charge in [-0.05, 0) is 52.3 Å². The number of halogens is 1. The zero-order valence-electron chi connectivity index (χ0n) is 11.1. The van der Waals surface area contributed by atoms with Crippen LogP contribution in [-0.2, 0) is 0 Å². The molecule has 7 heteroatoms. The fraction of sp³-hybridized carbons (Fsp3) is 0.143. The monoisotopic (exact) mass is 367 g/mol. The molecule has 5 nitrogen and oxygen atoms in total. The Morgan fingerprint density at radius 1 is 1.29 bits per heavy atom. The Hall–Kier alpha value is -1.73. The minimum atomic E-state index is 0.0819. The summed E-state index contributed by atoms with van der Waals surface area (Å²) in [6.45, 7) is 0.575. The molecule has 0 aliphatic carbocycles. The third kappa shape index (κ3) is 4.95. The molecule has 0 fully saturated rings. The summed E-state index contributed by atoms with van der Waals surface area (Å²) in [4.78, 5) is 4.27. The van der Waals surface area contributed by atoms with Crippen molar-refractivity contribution >= 4 is 33.5 Å². The normalized spacial score (nSPS) is 11.4. The zero-order chi connectivity index (χ0) is 15.1. The molecule has 1 aromatic heterocycles. The zero-order valence-corrected chi connectivity index (χ0v) is 13.5. The first-order valence-corrected chi connectivity index (χ1v) is 7.92. The van der Waals surface area contributed by atoms with Gasteiger partial charge >= 0.3 is 0 Å². The van der Waals surface area contributed by atoms with Crippen LogP contribution in [-0.4, -0.2) is 28.4 Å². The predicted octanol–water partition coefficient (Wildman–Crippen LogP) is 3.11. The smallest absolute Gasteiger partial charge is 0.170 e. The fourth-order valence-electron chi connectivity index (χ4n) is 1.53.